The van der Waals surface area contributed by atoms with Crippen LogP contribution in [0.1, 0.15) is 11.1 Å². The minimum Gasteiger partial charge on any atom is -0.496 e. The largest absolute Gasteiger partial charge is 0.496 e. The molecular formula is C16H17ClO2. The van der Waals surface area contributed by atoms with E-state index >= 15 is 0 Å². The Kier molecular flexibility index (Phi) is 4.83. The van der Waals surface area contributed by atoms with E-state index in [9.17, 15) is 5.11 Å². The van der Waals surface area contributed by atoms with Crippen LogP contribution < -0.4 is 4.74 Å². The van der Waals surface area contributed by atoms with Gasteiger partial charge in [-0.05, 0) is 23.3 Å². The highest BCUT2D eigenvalue weighted by Gasteiger charge is 2.11. The third kappa shape index (κ3) is 3.72. The van der Waals surface area contributed by atoms with E-state index in [1.165, 1.54) is 0 Å². The highest BCUT2D eigenvalue weighted by molar-refractivity contribution is 6.31. The molecule has 0 heterocycles. The van der Waals surface area contributed by atoms with Crippen molar-refractivity contribution >= 4 is 11.6 Å². The summed E-state index contributed by atoms with van der Waals surface area (Å²) in [7, 11) is 1.64. The van der Waals surface area contributed by atoms with Crippen LogP contribution >= 0.6 is 11.6 Å². The SMILES string of the molecule is COc1ccccc1CC(O)Cc1ccccc1Cl. The minimum absolute atomic E-state index is 0.476. The Balaban J connectivity index is 2.05. The van der Waals surface area contributed by atoms with Gasteiger partial charge in [0, 0.05) is 17.9 Å². The van der Waals surface area contributed by atoms with Gasteiger partial charge in [-0.25, -0.2) is 0 Å². The van der Waals surface area contributed by atoms with Crippen LogP contribution in [0.4, 0.5) is 0 Å². The zero-order chi connectivity index (χ0) is 13.7. The van der Waals surface area contributed by atoms with E-state index in [1.807, 2.05) is 48.5 Å². The van der Waals surface area contributed by atoms with Gasteiger partial charge in [-0.2, -0.15) is 0 Å². The van der Waals surface area contributed by atoms with E-state index in [1.54, 1.807) is 7.11 Å². The van der Waals surface area contributed by atoms with E-state index in [4.69, 9.17) is 16.3 Å². The molecule has 2 rings (SSSR count). The summed E-state index contributed by atoms with van der Waals surface area (Å²) in [6.07, 6.45) is 0.614. The summed E-state index contributed by atoms with van der Waals surface area (Å²) in [6.45, 7) is 0. The van der Waals surface area contributed by atoms with Gasteiger partial charge in [-0.1, -0.05) is 48.0 Å². The van der Waals surface area contributed by atoms with Gasteiger partial charge < -0.3 is 9.84 Å². The minimum atomic E-state index is -0.476. The lowest BCUT2D eigenvalue weighted by molar-refractivity contribution is 0.174. The molecule has 19 heavy (non-hydrogen) atoms. The Labute approximate surface area is 118 Å². The zero-order valence-electron chi connectivity index (χ0n) is 10.8. The zero-order valence-corrected chi connectivity index (χ0v) is 11.6. The smallest absolute Gasteiger partial charge is 0.122 e. The molecule has 0 saturated carbocycles. The molecule has 1 atom stereocenters. The number of hydrogen-bond acceptors (Lipinski definition) is 2. The molecule has 0 aliphatic carbocycles. The van der Waals surface area contributed by atoms with Gasteiger partial charge in [-0.3, -0.25) is 0 Å². The van der Waals surface area contributed by atoms with Crippen molar-refractivity contribution in [3.8, 4) is 5.75 Å². The Bertz CT molecular complexity index is 540. The van der Waals surface area contributed by atoms with Gasteiger partial charge in [-0.15, -0.1) is 0 Å². The molecule has 0 saturated heterocycles. The maximum Gasteiger partial charge on any atom is 0.122 e. The molecular weight excluding hydrogens is 260 g/mol. The molecule has 0 bridgehead atoms. The maximum absolute atomic E-state index is 10.2. The number of ether oxygens (including phenoxy) is 1. The van der Waals surface area contributed by atoms with Crippen molar-refractivity contribution < 1.29 is 9.84 Å². The fourth-order valence-corrected chi connectivity index (χ4v) is 2.33. The Morgan fingerprint density at radius 3 is 2.26 bits per heavy atom. The predicted molar refractivity (Wildman–Crippen MR) is 77.9 cm³/mol. The molecule has 0 aliphatic rings. The molecule has 1 unspecified atom stereocenters. The number of aliphatic hydroxyl groups is 1. The van der Waals surface area contributed by atoms with Gasteiger partial charge in [0.2, 0.25) is 0 Å². The van der Waals surface area contributed by atoms with E-state index in [0.717, 1.165) is 16.9 Å². The number of benzene rings is 2. The molecule has 0 radical (unpaired) electrons. The second-order valence-corrected chi connectivity index (χ2v) is 4.87. The van der Waals surface area contributed by atoms with Gasteiger partial charge >= 0.3 is 0 Å². The average Bonchev–Trinajstić information content (AvgIpc) is 2.42. The molecule has 0 aromatic heterocycles. The summed E-state index contributed by atoms with van der Waals surface area (Å²) in [5, 5.41) is 10.9. The summed E-state index contributed by atoms with van der Waals surface area (Å²) in [4.78, 5) is 0. The Hall–Kier alpha value is -1.51. The lowest BCUT2D eigenvalue weighted by atomic mass is 10.0. The van der Waals surface area contributed by atoms with Crippen molar-refractivity contribution in [2.24, 2.45) is 0 Å². The molecule has 0 spiro atoms. The summed E-state index contributed by atoms with van der Waals surface area (Å²) in [5.41, 5.74) is 1.97. The van der Waals surface area contributed by atoms with E-state index in [0.29, 0.717) is 17.9 Å². The van der Waals surface area contributed by atoms with Crippen LogP contribution in [0.5, 0.6) is 5.75 Å². The van der Waals surface area contributed by atoms with Crippen LogP contribution in [-0.4, -0.2) is 18.3 Å². The van der Waals surface area contributed by atoms with Crippen LogP contribution in [0.25, 0.3) is 0 Å². The maximum atomic E-state index is 10.2. The number of rotatable bonds is 5. The molecule has 3 heteroatoms. The normalized spacial score (nSPS) is 12.2. The second kappa shape index (κ2) is 6.60. The molecule has 0 amide bonds. The van der Waals surface area contributed by atoms with E-state index < -0.39 is 6.10 Å². The van der Waals surface area contributed by atoms with Crippen LogP contribution in [-0.2, 0) is 12.8 Å². The number of halogens is 1. The number of hydrogen-bond donors (Lipinski definition) is 1. The van der Waals surface area contributed by atoms with Gasteiger partial charge in [0.05, 0.1) is 13.2 Å². The first-order valence-corrected chi connectivity index (χ1v) is 6.62. The fraction of sp³-hybridized carbons (Fsp3) is 0.250. The molecule has 100 valence electrons. The van der Waals surface area contributed by atoms with Gasteiger partial charge in [0.25, 0.3) is 0 Å². The van der Waals surface area contributed by atoms with Crippen molar-refractivity contribution in [2.75, 3.05) is 7.11 Å². The highest BCUT2D eigenvalue weighted by Crippen LogP contribution is 2.22. The number of aliphatic hydroxyl groups excluding tert-OH is 1. The number of methoxy groups -OCH3 is 1. The molecule has 0 aliphatic heterocycles. The van der Waals surface area contributed by atoms with Gasteiger partial charge in [0.1, 0.15) is 5.75 Å². The van der Waals surface area contributed by atoms with Gasteiger partial charge in [0.15, 0.2) is 0 Å². The van der Waals surface area contributed by atoms with Crippen LogP contribution in [0.15, 0.2) is 48.5 Å². The van der Waals surface area contributed by atoms with Crippen LogP contribution in [0.2, 0.25) is 5.02 Å². The lowest BCUT2D eigenvalue weighted by Gasteiger charge is -2.14. The first-order valence-electron chi connectivity index (χ1n) is 6.24. The third-order valence-electron chi connectivity index (χ3n) is 3.06. The molecule has 1 N–H and O–H groups in total. The summed E-state index contributed by atoms with van der Waals surface area (Å²) in [5.74, 6) is 0.806. The molecule has 2 aromatic rings. The van der Waals surface area contributed by atoms with Crippen molar-refractivity contribution in [1.82, 2.24) is 0 Å². The van der Waals surface area contributed by atoms with Crippen LogP contribution in [0.3, 0.4) is 0 Å². The first kappa shape index (κ1) is 13.9. The fourth-order valence-electron chi connectivity index (χ4n) is 2.12. The first-order chi connectivity index (χ1) is 9.20. The number of para-hydroxylation sites is 1. The average molecular weight is 277 g/mol. The van der Waals surface area contributed by atoms with E-state index in [-0.39, 0.29) is 0 Å². The summed E-state index contributed by atoms with van der Waals surface area (Å²) in [6, 6.07) is 15.3. The third-order valence-corrected chi connectivity index (χ3v) is 3.43. The van der Waals surface area contributed by atoms with E-state index in [2.05, 4.69) is 0 Å². The standard InChI is InChI=1S/C16H17ClO2/c1-19-16-9-5-3-7-13(16)11-14(18)10-12-6-2-4-8-15(12)17/h2-9,14,18H,10-11H2,1H3. The Morgan fingerprint density at radius 1 is 1.00 bits per heavy atom. The van der Waals surface area contributed by atoms with Crippen molar-refractivity contribution in [1.29, 1.82) is 0 Å². The topological polar surface area (TPSA) is 29.5 Å². The molecule has 2 aromatic carbocycles. The highest BCUT2D eigenvalue weighted by atomic mass is 35.5. The lowest BCUT2D eigenvalue weighted by Crippen LogP contribution is -2.14. The second-order valence-electron chi connectivity index (χ2n) is 4.47. The van der Waals surface area contributed by atoms with Crippen molar-refractivity contribution in [2.45, 2.75) is 18.9 Å². The van der Waals surface area contributed by atoms with Crippen molar-refractivity contribution in [3.05, 3.63) is 64.7 Å². The quantitative estimate of drug-likeness (QED) is 0.906. The Morgan fingerprint density at radius 2 is 1.58 bits per heavy atom. The molecule has 0 fully saturated rings. The summed E-state index contributed by atoms with van der Waals surface area (Å²) >= 11 is 6.09. The van der Waals surface area contributed by atoms with Crippen LogP contribution in [0, 0.1) is 0 Å². The van der Waals surface area contributed by atoms with Crippen molar-refractivity contribution in [3.63, 3.8) is 0 Å². The molecule has 2 nitrogen and oxygen atoms in total. The summed E-state index contributed by atoms with van der Waals surface area (Å²) < 4.78 is 5.28. The monoisotopic (exact) mass is 276 g/mol. The predicted octanol–water partition coefficient (Wildman–Crippen LogP) is 3.49.